The molecule has 1 saturated heterocycles. The van der Waals surface area contributed by atoms with Crippen LogP contribution in [-0.4, -0.2) is 81.8 Å². The highest BCUT2D eigenvalue weighted by Gasteiger charge is 2.47. The van der Waals surface area contributed by atoms with Crippen LogP contribution in [0.3, 0.4) is 0 Å². The lowest BCUT2D eigenvalue weighted by Crippen LogP contribution is -2.49. The molecule has 1 N–H and O–H groups in total. The average molecular weight is 518 g/mol. The molecular formula is C20H24F6N2O5S. The van der Waals surface area contributed by atoms with Gasteiger partial charge in [-0.3, -0.25) is 9.69 Å². The Morgan fingerprint density at radius 2 is 1.71 bits per heavy atom. The zero-order valence-corrected chi connectivity index (χ0v) is 18.9. The van der Waals surface area contributed by atoms with Crippen molar-refractivity contribution in [3.63, 3.8) is 0 Å². The number of piperazine rings is 1. The number of hydrogen-bond donors (Lipinski definition) is 1. The van der Waals surface area contributed by atoms with Gasteiger partial charge in [-0.1, -0.05) is 0 Å². The summed E-state index contributed by atoms with van der Waals surface area (Å²) in [5.74, 6) is -2.45. The minimum Gasteiger partial charge on any atom is -0.481 e. The first-order valence-corrected chi connectivity index (χ1v) is 11.9. The Morgan fingerprint density at radius 3 is 2.18 bits per heavy atom. The number of sulfone groups is 1. The predicted octanol–water partition coefficient (Wildman–Crippen LogP) is 3.04. The van der Waals surface area contributed by atoms with Crippen molar-refractivity contribution in [1.29, 1.82) is 0 Å². The van der Waals surface area contributed by atoms with Crippen molar-refractivity contribution >= 4 is 21.5 Å². The van der Waals surface area contributed by atoms with Crippen LogP contribution in [0.2, 0.25) is 0 Å². The fraction of sp³-hybridized carbons (Fsp3) is 0.650. The number of alkyl halides is 6. The third kappa shape index (κ3) is 5.77. The number of hydrogen-bond acceptors (Lipinski definition) is 6. The first kappa shape index (κ1) is 26.5. The van der Waals surface area contributed by atoms with Crippen LogP contribution < -0.4 is 4.90 Å². The maximum Gasteiger partial charge on any atom is 0.417 e. The van der Waals surface area contributed by atoms with Gasteiger partial charge in [-0.25, -0.2) is 8.42 Å². The molecule has 1 heterocycles. The highest BCUT2D eigenvalue weighted by Crippen LogP contribution is 2.42. The van der Waals surface area contributed by atoms with Crippen molar-refractivity contribution in [3.05, 3.63) is 23.8 Å². The Labute approximate surface area is 192 Å². The maximum atomic E-state index is 13.9. The second-order valence-electron chi connectivity index (χ2n) is 8.41. The molecule has 0 unspecified atom stereocenters. The molecule has 34 heavy (non-hydrogen) atoms. The van der Waals surface area contributed by atoms with Gasteiger partial charge in [-0.2, -0.15) is 26.3 Å². The lowest BCUT2D eigenvalue weighted by molar-refractivity contribution is -0.146. The number of carboxylic acid groups (broad SMARTS) is 1. The normalized spacial score (nSPS) is 25.0. The van der Waals surface area contributed by atoms with Crippen LogP contribution in [0.25, 0.3) is 0 Å². The number of carboxylic acids is 1. The average Bonchev–Trinajstić information content (AvgIpc) is 3.18. The van der Waals surface area contributed by atoms with Gasteiger partial charge in [0.2, 0.25) is 0 Å². The highest BCUT2D eigenvalue weighted by molar-refractivity contribution is 7.92. The number of ether oxygens (including phenoxy) is 1. The Morgan fingerprint density at radius 1 is 1.09 bits per heavy atom. The molecule has 1 aromatic rings. The largest absolute Gasteiger partial charge is 0.481 e. The molecule has 0 aromatic heterocycles. The fourth-order valence-corrected chi connectivity index (χ4v) is 6.51. The number of anilines is 1. The summed E-state index contributed by atoms with van der Waals surface area (Å²) in [7, 11) is -3.35. The van der Waals surface area contributed by atoms with E-state index in [4.69, 9.17) is 4.74 Å². The molecule has 1 aliphatic carbocycles. The number of rotatable bonds is 6. The standard InChI is InChI=1S/C20H24F6N2O5S/c1-33-16-10-13(9-14(16)18(29)30)34(31,32)17-3-2-12(8-15(17)20(24,25)26)28-6-4-27(5-7-28)11-19(21,22)23/h2-3,8,13-14,16H,4-7,9-11H2,1H3,(H,29,30)/t13-,14-,16-/m0/s1. The van der Waals surface area contributed by atoms with Crippen molar-refractivity contribution < 1.29 is 49.4 Å². The van der Waals surface area contributed by atoms with Gasteiger partial charge >= 0.3 is 18.3 Å². The first-order valence-electron chi connectivity index (χ1n) is 10.4. The zero-order valence-electron chi connectivity index (χ0n) is 18.1. The molecule has 0 amide bonds. The molecule has 7 nitrogen and oxygen atoms in total. The number of halogens is 6. The van der Waals surface area contributed by atoms with E-state index in [0.717, 1.165) is 11.0 Å². The van der Waals surface area contributed by atoms with Crippen molar-refractivity contribution in [2.75, 3.05) is 44.7 Å². The second-order valence-corrected chi connectivity index (χ2v) is 10.6. The molecule has 0 radical (unpaired) electrons. The molecule has 0 spiro atoms. The molecule has 1 aliphatic heterocycles. The fourth-order valence-electron chi connectivity index (χ4n) is 4.51. The Hall–Kier alpha value is -2.06. The molecule has 3 rings (SSSR count). The monoisotopic (exact) mass is 518 g/mol. The van der Waals surface area contributed by atoms with Gasteiger partial charge in [0.15, 0.2) is 9.84 Å². The van der Waals surface area contributed by atoms with Gasteiger partial charge in [0.25, 0.3) is 0 Å². The van der Waals surface area contributed by atoms with Gasteiger partial charge < -0.3 is 14.7 Å². The lowest BCUT2D eigenvalue weighted by atomic mass is 10.1. The summed E-state index contributed by atoms with van der Waals surface area (Å²) >= 11 is 0. The van der Waals surface area contributed by atoms with E-state index in [1.54, 1.807) is 0 Å². The van der Waals surface area contributed by atoms with Gasteiger partial charge in [0, 0.05) is 39.0 Å². The van der Waals surface area contributed by atoms with E-state index >= 15 is 0 Å². The van der Waals surface area contributed by atoms with Crippen LogP contribution in [-0.2, 0) is 25.5 Å². The summed E-state index contributed by atoms with van der Waals surface area (Å²) in [6, 6.07) is 2.72. The van der Waals surface area contributed by atoms with Crippen molar-refractivity contribution in [2.45, 2.75) is 41.4 Å². The number of nitrogens with zero attached hydrogens (tertiary/aromatic N) is 2. The summed E-state index contributed by atoms with van der Waals surface area (Å²) in [5, 5.41) is 7.92. The van der Waals surface area contributed by atoms with Gasteiger partial charge in [-0.05, 0) is 31.0 Å². The van der Waals surface area contributed by atoms with E-state index in [-0.39, 0.29) is 44.7 Å². The Bertz CT molecular complexity index is 1010. The number of carbonyl (C=O) groups is 1. The van der Waals surface area contributed by atoms with Crippen molar-refractivity contribution in [2.24, 2.45) is 5.92 Å². The smallest absolute Gasteiger partial charge is 0.417 e. The van der Waals surface area contributed by atoms with Crippen LogP contribution in [0.4, 0.5) is 32.0 Å². The Kier molecular flexibility index (Phi) is 7.44. The van der Waals surface area contributed by atoms with Crippen molar-refractivity contribution in [1.82, 2.24) is 4.90 Å². The molecule has 14 heteroatoms. The third-order valence-electron chi connectivity index (χ3n) is 6.23. The lowest BCUT2D eigenvalue weighted by Gasteiger charge is -2.36. The summed E-state index contributed by atoms with van der Waals surface area (Å²) in [6.07, 6.45) is -11.0. The van der Waals surface area contributed by atoms with Gasteiger partial charge in [-0.15, -0.1) is 0 Å². The Balaban J connectivity index is 1.87. The van der Waals surface area contributed by atoms with Crippen LogP contribution >= 0.6 is 0 Å². The molecule has 192 valence electrons. The molecule has 2 fully saturated rings. The molecular weight excluding hydrogens is 494 g/mol. The number of aliphatic carboxylic acids is 1. The van der Waals surface area contributed by atoms with Gasteiger partial charge in [0.1, 0.15) is 0 Å². The van der Waals surface area contributed by atoms with Crippen LogP contribution in [0.15, 0.2) is 23.1 Å². The summed E-state index contributed by atoms with van der Waals surface area (Å²) < 4.78 is 111. The summed E-state index contributed by atoms with van der Waals surface area (Å²) in [5.41, 5.74) is -1.35. The molecule has 2 aliphatic rings. The minimum atomic E-state index is -5.03. The van der Waals surface area contributed by atoms with Crippen LogP contribution in [0.1, 0.15) is 18.4 Å². The van der Waals surface area contributed by atoms with E-state index in [9.17, 15) is 44.7 Å². The quantitative estimate of drug-likeness (QED) is 0.580. The highest BCUT2D eigenvalue weighted by atomic mass is 32.2. The zero-order chi connectivity index (χ0) is 25.5. The van der Waals surface area contributed by atoms with Gasteiger partial charge in [0.05, 0.1) is 34.3 Å². The van der Waals surface area contributed by atoms with E-state index in [0.29, 0.717) is 6.07 Å². The minimum absolute atomic E-state index is 0.0159. The summed E-state index contributed by atoms with van der Waals surface area (Å²) in [4.78, 5) is 13.1. The van der Waals surface area contributed by atoms with E-state index in [2.05, 4.69) is 0 Å². The molecule has 3 atom stereocenters. The summed E-state index contributed by atoms with van der Waals surface area (Å²) in [6.45, 7) is -1.07. The molecule has 1 saturated carbocycles. The topological polar surface area (TPSA) is 87.2 Å². The third-order valence-corrected chi connectivity index (χ3v) is 8.47. The van der Waals surface area contributed by atoms with E-state index < -0.39 is 62.4 Å². The van der Waals surface area contributed by atoms with E-state index in [1.165, 1.54) is 18.1 Å². The molecule has 1 aromatic carbocycles. The van der Waals surface area contributed by atoms with Crippen molar-refractivity contribution in [3.8, 4) is 0 Å². The van der Waals surface area contributed by atoms with Crippen LogP contribution in [0.5, 0.6) is 0 Å². The first-order chi connectivity index (χ1) is 15.6. The molecule has 0 bridgehead atoms. The van der Waals surface area contributed by atoms with E-state index in [1.807, 2.05) is 0 Å². The second kappa shape index (κ2) is 9.53. The number of methoxy groups -OCH3 is 1. The SMILES string of the molecule is CO[C@H]1C[C@@H](S(=O)(=O)c2ccc(N3CCN(CC(F)(F)F)CC3)cc2C(F)(F)F)C[C@@H]1C(=O)O. The maximum absolute atomic E-state index is 13.9. The number of benzene rings is 1. The van der Waals surface area contributed by atoms with Crippen LogP contribution in [0, 0.1) is 5.92 Å². The predicted molar refractivity (Wildman–Crippen MR) is 108 cm³/mol.